The van der Waals surface area contributed by atoms with E-state index in [1.807, 2.05) is 0 Å². The van der Waals surface area contributed by atoms with E-state index in [2.05, 4.69) is 93.7 Å². The summed E-state index contributed by atoms with van der Waals surface area (Å²) in [6.07, 6.45) is 67.4. The average molecular weight is 907 g/mol. The highest BCUT2D eigenvalue weighted by molar-refractivity contribution is 5.71. The van der Waals surface area contributed by atoms with Gasteiger partial charge in [0.15, 0.2) is 6.10 Å². The molecule has 0 bridgehead atoms. The van der Waals surface area contributed by atoms with Gasteiger partial charge < -0.3 is 14.2 Å². The topological polar surface area (TPSA) is 78.9 Å². The van der Waals surface area contributed by atoms with Crippen molar-refractivity contribution in [1.29, 1.82) is 0 Å². The molecule has 0 spiro atoms. The van der Waals surface area contributed by atoms with Gasteiger partial charge in [0.1, 0.15) is 13.2 Å². The van der Waals surface area contributed by atoms with Crippen molar-refractivity contribution in [3.8, 4) is 0 Å². The zero-order chi connectivity index (χ0) is 47.2. The third-order valence-corrected chi connectivity index (χ3v) is 11.7. The van der Waals surface area contributed by atoms with Gasteiger partial charge in [-0.15, -0.1) is 0 Å². The van der Waals surface area contributed by atoms with Gasteiger partial charge in [-0.1, -0.05) is 229 Å². The summed E-state index contributed by atoms with van der Waals surface area (Å²) >= 11 is 0. The van der Waals surface area contributed by atoms with Crippen molar-refractivity contribution in [1.82, 2.24) is 0 Å². The van der Waals surface area contributed by atoms with E-state index in [1.165, 1.54) is 122 Å². The number of allylic oxidation sites excluding steroid dienone is 12. The second kappa shape index (κ2) is 53.5. The molecule has 0 aromatic heterocycles. The maximum absolute atomic E-state index is 12.8. The lowest BCUT2D eigenvalue weighted by Crippen LogP contribution is -2.30. The molecule has 0 amide bonds. The van der Waals surface area contributed by atoms with Gasteiger partial charge in [-0.25, -0.2) is 0 Å². The van der Waals surface area contributed by atoms with Crippen LogP contribution in [0.3, 0.4) is 0 Å². The Bertz CT molecular complexity index is 1230. The highest BCUT2D eigenvalue weighted by Gasteiger charge is 2.19. The van der Waals surface area contributed by atoms with Gasteiger partial charge in [0.25, 0.3) is 0 Å². The minimum Gasteiger partial charge on any atom is -0.462 e. The smallest absolute Gasteiger partial charge is 0.306 e. The second-order valence-electron chi connectivity index (χ2n) is 18.1. The molecule has 0 heterocycles. The average Bonchev–Trinajstić information content (AvgIpc) is 3.30. The lowest BCUT2D eigenvalue weighted by Gasteiger charge is -2.18. The maximum atomic E-state index is 12.8. The normalized spacial score (nSPS) is 12.6. The van der Waals surface area contributed by atoms with E-state index in [4.69, 9.17) is 14.2 Å². The van der Waals surface area contributed by atoms with Crippen LogP contribution in [0.5, 0.6) is 0 Å². The first-order valence-corrected chi connectivity index (χ1v) is 27.4. The first-order valence-electron chi connectivity index (χ1n) is 27.4. The van der Waals surface area contributed by atoms with E-state index in [1.54, 1.807) is 0 Å². The molecule has 0 aliphatic heterocycles. The predicted molar refractivity (Wildman–Crippen MR) is 279 cm³/mol. The number of hydrogen-bond donors (Lipinski definition) is 0. The van der Waals surface area contributed by atoms with Gasteiger partial charge in [0.05, 0.1) is 0 Å². The number of rotatable bonds is 49. The summed E-state index contributed by atoms with van der Waals surface area (Å²) < 4.78 is 16.8. The lowest BCUT2D eigenvalue weighted by molar-refractivity contribution is -0.167. The maximum Gasteiger partial charge on any atom is 0.306 e. The van der Waals surface area contributed by atoms with Crippen molar-refractivity contribution in [2.24, 2.45) is 0 Å². The first-order chi connectivity index (χ1) is 32.0. The van der Waals surface area contributed by atoms with Crippen LogP contribution >= 0.6 is 0 Å². The standard InChI is InChI=1S/C59H102O6/c1-4-7-10-13-16-19-22-25-27-28-29-30-32-35-38-41-44-47-50-53-59(62)65-56(54-63-57(60)51-48-45-42-39-36-33-24-21-18-15-12-9-6-3)55-64-58(61)52-49-46-43-40-37-34-31-26-23-20-17-14-11-8-5-2/h7,10,16,19,21,24-25,27,29-30,35,38,56H,4-6,8-9,11-15,17-18,20,22-23,26,28,31-34,36-37,39-55H2,1-3H3/b10-7-,19-16-,24-21-,27-25-,30-29-,38-35-/t56-/m1/s1. The molecular weight excluding hydrogens is 805 g/mol. The zero-order valence-electron chi connectivity index (χ0n) is 42.7. The monoisotopic (exact) mass is 907 g/mol. The van der Waals surface area contributed by atoms with Gasteiger partial charge in [0, 0.05) is 19.3 Å². The lowest BCUT2D eigenvalue weighted by atomic mass is 10.0. The fourth-order valence-electron chi connectivity index (χ4n) is 7.58. The number of unbranched alkanes of at least 4 members (excludes halogenated alkanes) is 26. The molecule has 0 aliphatic carbocycles. The summed E-state index contributed by atoms with van der Waals surface area (Å²) in [5, 5.41) is 0. The van der Waals surface area contributed by atoms with Gasteiger partial charge in [-0.05, 0) is 89.9 Å². The third-order valence-electron chi connectivity index (χ3n) is 11.7. The third kappa shape index (κ3) is 51.7. The fraction of sp³-hybridized carbons (Fsp3) is 0.746. The molecule has 0 fully saturated rings. The van der Waals surface area contributed by atoms with Gasteiger partial charge >= 0.3 is 17.9 Å². The second-order valence-corrected chi connectivity index (χ2v) is 18.1. The molecule has 6 heteroatoms. The van der Waals surface area contributed by atoms with Crippen LogP contribution in [-0.2, 0) is 28.6 Å². The summed E-state index contributed by atoms with van der Waals surface area (Å²) in [5.74, 6) is -0.925. The highest BCUT2D eigenvalue weighted by Crippen LogP contribution is 2.15. The largest absolute Gasteiger partial charge is 0.462 e. The molecule has 374 valence electrons. The molecule has 1 atom stereocenters. The summed E-state index contributed by atoms with van der Waals surface area (Å²) in [4.78, 5) is 38.1. The van der Waals surface area contributed by atoms with Crippen molar-refractivity contribution in [2.75, 3.05) is 13.2 Å². The Morgan fingerprint density at radius 1 is 0.323 bits per heavy atom. The van der Waals surface area contributed by atoms with Crippen LogP contribution < -0.4 is 0 Å². The fourth-order valence-corrected chi connectivity index (χ4v) is 7.58. The van der Waals surface area contributed by atoms with Crippen LogP contribution in [0.2, 0.25) is 0 Å². The number of hydrogen-bond acceptors (Lipinski definition) is 6. The molecule has 0 rings (SSSR count). The Kier molecular flexibility index (Phi) is 50.9. The molecule has 6 nitrogen and oxygen atoms in total. The summed E-state index contributed by atoms with van der Waals surface area (Å²) in [6, 6.07) is 0. The minimum atomic E-state index is -0.794. The number of carbonyl (C=O) groups is 3. The summed E-state index contributed by atoms with van der Waals surface area (Å²) in [5.41, 5.74) is 0. The molecule has 0 saturated carbocycles. The van der Waals surface area contributed by atoms with Crippen molar-refractivity contribution in [3.05, 3.63) is 72.9 Å². The van der Waals surface area contributed by atoms with Crippen LogP contribution in [-0.4, -0.2) is 37.2 Å². The molecule has 0 radical (unpaired) electrons. The molecule has 0 aromatic rings. The van der Waals surface area contributed by atoms with Crippen LogP contribution in [0.25, 0.3) is 0 Å². The minimum absolute atomic E-state index is 0.0894. The zero-order valence-corrected chi connectivity index (χ0v) is 42.7. The van der Waals surface area contributed by atoms with Crippen molar-refractivity contribution >= 4 is 17.9 Å². The van der Waals surface area contributed by atoms with Crippen molar-refractivity contribution in [2.45, 2.75) is 271 Å². The Hall–Kier alpha value is -3.15. The Morgan fingerprint density at radius 3 is 0.985 bits per heavy atom. The van der Waals surface area contributed by atoms with E-state index in [9.17, 15) is 14.4 Å². The van der Waals surface area contributed by atoms with Crippen molar-refractivity contribution < 1.29 is 28.6 Å². The van der Waals surface area contributed by atoms with E-state index >= 15 is 0 Å². The van der Waals surface area contributed by atoms with Gasteiger partial charge in [-0.3, -0.25) is 14.4 Å². The SMILES string of the molecule is CC/C=C\C/C=C\C/C=C\C/C=C\C/C=C\CCCCCC(=O)O[C@H](COC(=O)CCCCCCC/C=C\CCCCCC)COC(=O)CCCCCCCCCCCCCCCCC. The Balaban J connectivity index is 4.44. The van der Waals surface area contributed by atoms with Crippen molar-refractivity contribution in [3.63, 3.8) is 0 Å². The Labute approximate surface area is 402 Å². The summed E-state index contributed by atoms with van der Waals surface area (Å²) in [6.45, 7) is 6.49. The molecular formula is C59H102O6. The van der Waals surface area contributed by atoms with Gasteiger partial charge in [-0.2, -0.15) is 0 Å². The molecule has 0 saturated heterocycles. The highest BCUT2D eigenvalue weighted by atomic mass is 16.6. The molecule has 0 N–H and O–H groups in total. The Morgan fingerprint density at radius 2 is 0.600 bits per heavy atom. The first kappa shape index (κ1) is 61.9. The summed E-state index contributed by atoms with van der Waals surface area (Å²) in [7, 11) is 0. The van der Waals surface area contributed by atoms with Crippen LogP contribution in [0.15, 0.2) is 72.9 Å². The molecule has 0 unspecified atom stereocenters. The van der Waals surface area contributed by atoms with Crippen LogP contribution in [0.1, 0.15) is 265 Å². The molecule has 0 aromatic carbocycles. The quantitative estimate of drug-likeness (QED) is 0.0262. The number of esters is 3. The van der Waals surface area contributed by atoms with Gasteiger partial charge in [0.2, 0.25) is 0 Å². The predicted octanol–water partition coefficient (Wildman–Crippen LogP) is 18.2. The molecule has 0 aliphatic rings. The van der Waals surface area contributed by atoms with E-state index in [0.29, 0.717) is 12.8 Å². The number of carbonyl (C=O) groups excluding carboxylic acids is 3. The molecule has 65 heavy (non-hydrogen) atoms. The van der Waals surface area contributed by atoms with Crippen LogP contribution in [0, 0.1) is 0 Å². The van der Waals surface area contributed by atoms with Crippen LogP contribution in [0.4, 0.5) is 0 Å². The van der Waals surface area contributed by atoms with E-state index in [0.717, 1.165) is 103 Å². The number of ether oxygens (including phenoxy) is 3. The van der Waals surface area contributed by atoms with E-state index in [-0.39, 0.29) is 37.5 Å². The van der Waals surface area contributed by atoms with E-state index < -0.39 is 6.10 Å².